The van der Waals surface area contributed by atoms with Crippen molar-refractivity contribution in [2.45, 2.75) is 63.1 Å². The van der Waals surface area contributed by atoms with E-state index in [1.54, 1.807) is 6.08 Å². The molecule has 1 heterocycles. The van der Waals surface area contributed by atoms with Gasteiger partial charge in [-0.1, -0.05) is 85.9 Å². The molecule has 0 saturated carbocycles. The predicted molar refractivity (Wildman–Crippen MR) is 164 cm³/mol. The number of aliphatic hydroxyl groups is 2. The minimum atomic E-state index is -1.36. The van der Waals surface area contributed by atoms with Gasteiger partial charge in [0, 0.05) is 6.54 Å². The molecule has 4 aliphatic carbocycles. The van der Waals surface area contributed by atoms with Crippen molar-refractivity contribution in [2.75, 3.05) is 6.54 Å². The normalized spacial score (nSPS) is 28.3. The second-order valence-corrected chi connectivity index (χ2v) is 11.4. The first-order valence-corrected chi connectivity index (χ1v) is 14.4. The maximum absolute atomic E-state index is 13.0. The van der Waals surface area contributed by atoms with Gasteiger partial charge in [-0.05, 0) is 107 Å². The lowest BCUT2D eigenvalue weighted by molar-refractivity contribution is 0.109. The zero-order valence-electron chi connectivity index (χ0n) is 23.2. The Balaban J connectivity index is 1.63. The Bertz CT molecular complexity index is 1490. The Hall–Kier alpha value is -3.34. The summed E-state index contributed by atoms with van der Waals surface area (Å²) in [5, 5.41) is 29.5. The third kappa shape index (κ3) is 4.04. The molecular formula is C35H38BNO2. The standard InChI is InChI=1S/C35H38BNO2/c1-3-5-14-30-29(4-2)34(38,27-17-15-23-10-6-8-12-25(23)19-27)32-22-37-33(36)21-31(32)35(30,39)28-18-16-24-11-7-9-13-26(24)20-28/h4-6,8-10,12-14,19-21,37-39H,2-3,7,11,15-18,22,36H2,1H3/b14-5-. The maximum atomic E-state index is 13.0. The predicted octanol–water partition coefficient (Wildman–Crippen LogP) is 5.68. The number of allylic oxidation sites excluding steroid dienone is 6. The van der Waals surface area contributed by atoms with Gasteiger partial charge >= 0.3 is 0 Å². The SMILES string of the molecule is BC1=CC2=C(CN1)C(O)(C1=Cc3ccccc3CC1)C(C=C)=C(/C=C\CC)C2(O)C1=CC2=C(CCC=C2)CC1. The molecule has 1 aromatic carbocycles. The molecule has 1 aromatic rings. The Morgan fingerprint density at radius 1 is 0.974 bits per heavy atom. The van der Waals surface area contributed by atoms with E-state index in [-0.39, 0.29) is 0 Å². The van der Waals surface area contributed by atoms with E-state index in [1.807, 2.05) is 13.9 Å². The second kappa shape index (κ2) is 10.0. The van der Waals surface area contributed by atoms with Gasteiger partial charge in [-0.2, -0.15) is 0 Å². The number of fused-ring (bicyclic) bond motifs is 1. The molecule has 0 spiro atoms. The van der Waals surface area contributed by atoms with Crippen LogP contribution in [-0.4, -0.2) is 35.8 Å². The monoisotopic (exact) mass is 515 g/mol. The minimum Gasteiger partial charge on any atom is -0.393 e. The summed E-state index contributed by atoms with van der Waals surface area (Å²) in [5.41, 5.74) is 8.45. The van der Waals surface area contributed by atoms with Gasteiger partial charge < -0.3 is 15.5 Å². The van der Waals surface area contributed by atoms with Gasteiger partial charge in [0.05, 0.1) is 0 Å². The van der Waals surface area contributed by atoms with Crippen LogP contribution in [0.5, 0.6) is 0 Å². The molecule has 0 fully saturated rings. The van der Waals surface area contributed by atoms with Gasteiger partial charge in [0.2, 0.25) is 0 Å². The molecule has 1 aliphatic heterocycles. The van der Waals surface area contributed by atoms with Gasteiger partial charge in [-0.25, -0.2) is 0 Å². The Labute approximate surface area is 233 Å². The van der Waals surface area contributed by atoms with Gasteiger partial charge in [0.25, 0.3) is 0 Å². The zero-order chi connectivity index (χ0) is 27.2. The molecule has 0 radical (unpaired) electrons. The lowest BCUT2D eigenvalue weighted by atomic mass is 9.59. The first-order valence-electron chi connectivity index (χ1n) is 14.4. The fourth-order valence-corrected chi connectivity index (χ4v) is 7.13. The molecule has 4 heteroatoms. The quantitative estimate of drug-likeness (QED) is 0.443. The summed E-state index contributed by atoms with van der Waals surface area (Å²) < 4.78 is 0. The smallest absolute Gasteiger partial charge is 0.160 e. The van der Waals surface area contributed by atoms with Crippen LogP contribution < -0.4 is 5.32 Å². The third-order valence-electron chi connectivity index (χ3n) is 9.17. The summed E-state index contributed by atoms with van der Waals surface area (Å²) in [6.07, 6.45) is 23.2. The van der Waals surface area contributed by atoms with E-state index in [1.165, 1.54) is 16.7 Å². The van der Waals surface area contributed by atoms with Crippen molar-refractivity contribution in [3.63, 3.8) is 0 Å². The van der Waals surface area contributed by atoms with E-state index in [0.29, 0.717) is 12.1 Å². The molecule has 3 N–H and O–H groups in total. The topological polar surface area (TPSA) is 52.5 Å². The highest BCUT2D eigenvalue weighted by Crippen LogP contribution is 2.54. The molecule has 5 aliphatic rings. The number of nitrogens with one attached hydrogen (secondary N) is 1. The summed E-state index contributed by atoms with van der Waals surface area (Å²) in [5.74, 6) is 0. The van der Waals surface area contributed by atoms with E-state index in [2.05, 4.69) is 79.5 Å². The Morgan fingerprint density at radius 2 is 1.77 bits per heavy atom. The second-order valence-electron chi connectivity index (χ2n) is 11.4. The molecule has 0 bridgehead atoms. The van der Waals surface area contributed by atoms with Crippen LogP contribution in [0.1, 0.15) is 56.6 Å². The fraction of sp³-hybridized carbons (Fsp3) is 0.314. The van der Waals surface area contributed by atoms with Gasteiger partial charge in [0.15, 0.2) is 7.85 Å². The molecule has 3 nitrogen and oxygen atoms in total. The molecule has 2 unspecified atom stereocenters. The van der Waals surface area contributed by atoms with E-state index in [4.69, 9.17) is 0 Å². The molecule has 0 aromatic heterocycles. The average molecular weight is 516 g/mol. The van der Waals surface area contributed by atoms with Crippen molar-refractivity contribution in [3.05, 3.63) is 135 Å². The summed E-state index contributed by atoms with van der Waals surface area (Å²) in [6, 6.07) is 8.43. The van der Waals surface area contributed by atoms with Crippen molar-refractivity contribution < 1.29 is 10.2 Å². The van der Waals surface area contributed by atoms with Crippen LogP contribution in [0.15, 0.2) is 124 Å². The number of aryl methyl sites for hydroxylation is 1. The summed E-state index contributed by atoms with van der Waals surface area (Å²) in [6.45, 7) is 6.79. The van der Waals surface area contributed by atoms with E-state index >= 15 is 0 Å². The molecule has 6 rings (SSSR count). The lowest BCUT2D eigenvalue weighted by Gasteiger charge is -2.50. The number of dihydropyridines is 1. The first-order chi connectivity index (χ1) is 18.9. The highest BCUT2D eigenvalue weighted by molar-refractivity contribution is 6.21. The number of benzene rings is 1. The van der Waals surface area contributed by atoms with Crippen molar-refractivity contribution in [1.29, 1.82) is 0 Å². The van der Waals surface area contributed by atoms with Crippen LogP contribution in [0, 0.1) is 0 Å². The van der Waals surface area contributed by atoms with E-state index in [9.17, 15) is 10.2 Å². The van der Waals surface area contributed by atoms with Crippen LogP contribution in [0.4, 0.5) is 0 Å². The van der Waals surface area contributed by atoms with Crippen molar-refractivity contribution >= 4 is 13.9 Å². The first kappa shape index (κ1) is 25.9. The van der Waals surface area contributed by atoms with Crippen molar-refractivity contribution in [2.24, 2.45) is 0 Å². The van der Waals surface area contributed by atoms with Crippen LogP contribution in [0.3, 0.4) is 0 Å². The summed E-state index contributed by atoms with van der Waals surface area (Å²) in [7, 11) is 2.04. The molecule has 0 saturated heterocycles. The molecular weight excluding hydrogens is 477 g/mol. The van der Waals surface area contributed by atoms with Gasteiger partial charge in [0.1, 0.15) is 11.2 Å². The van der Waals surface area contributed by atoms with Crippen molar-refractivity contribution in [1.82, 2.24) is 5.32 Å². The fourth-order valence-electron chi connectivity index (χ4n) is 7.13. The maximum Gasteiger partial charge on any atom is 0.160 e. The lowest BCUT2D eigenvalue weighted by Crippen LogP contribution is -2.52. The largest absolute Gasteiger partial charge is 0.393 e. The van der Waals surface area contributed by atoms with Crippen molar-refractivity contribution in [3.8, 4) is 0 Å². The Kier molecular flexibility index (Phi) is 6.65. The number of hydrogen-bond donors (Lipinski definition) is 3. The number of hydrogen-bond acceptors (Lipinski definition) is 3. The van der Waals surface area contributed by atoms with Crippen LogP contribution in [0.25, 0.3) is 6.08 Å². The van der Waals surface area contributed by atoms with E-state index in [0.717, 1.165) is 84.0 Å². The Morgan fingerprint density at radius 3 is 2.59 bits per heavy atom. The third-order valence-corrected chi connectivity index (χ3v) is 9.17. The number of rotatable bonds is 5. The summed E-state index contributed by atoms with van der Waals surface area (Å²) >= 11 is 0. The molecule has 2 atom stereocenters. The van der Waals surface area contributed by atoms with Crippen LogP contribution >= 0.6 is 0 Å². The average Bonchev–Trinajstić information content (AvgIpc) is 2.97. The zero-order valence-corrected chi connectivity index (χ0v) is 23.2. The van der Waals surface area contributed by atoms with Gasteiger partial charge in [-0.3, -0.25) is 0 Å². The molecule has 198 valence electrons. The molecule has 0 amide bonds. The van der Waals surface area contributed by atoms with Crippen LogP contribution in [-0.2, 0) is 6.42 Å². The highest BCUT2D eigenvalue weighted by atomic mass is 16.3. The molecule has 39 heavy (non-hydrogen) atoms. The minimum absolute atomic E-state index is 0.471. The summed E-state index contributed by atoms with van der Waals surface area (Å²) in [4.78, 5) is 0. The highest BCUT2D eigenvalue weighted by Gasteiger charge is 2.54. The van der Waals surface area contributed by atoms with E-state index < -0.39 is 11.2 Å². The van der Waals surface area contributed by atoms with Gasteiger partial charge in [-0.15, -0.1) is 0 Å². The van der Waals surface area contributed by atoms with Crippen LogP contribution in [0.2, 0.25) is 0 Å².